The Hall–Kier alpha value is -2.09. The standard InChI is InChI=1S/C18H20ClN3O3S/c1-20-12-4-7-22(8-5-12)18(25)14-6-9-26-17(14)21-16(24)13-3-2-11(19)10-15(13)23/h2-3,6,9-10,12,20,23H,4-5,7-8H2,1H3,(H,21,24). The van der Waals surface area contributed by atoms with Crippen LogP contribution in [0.25, 0.3) is 0 Å². The number of aromatic hydroxyl groups is 1. The fourth-order valence-electron chi connectivity index (χ4n) is 2.98. The summed E-state index contributed by atoms with van der Waals surface area (Å²) in [5, 5.41) is 18.4. The molecular weight excluding hydrogens is 374 g/mol. The Morgan fingerprint density at radius 2 is 1.96 bits per heavy atom. The molecule has 1 fully saturated rings. The molecular formula is C18H20ClN3O3S. The third-order valence-corrected chi connectivity index (χ3v) is 5.58. The van der Waals surface area contributed by atoms with Gasteiger partial charge in [-0.3, -0.25) is 9.59 Å². The number of amides is 2. The van der Waals surface area contributed by atoms with E-state index in [9.17, 15) is 14.7 Å². The molecule has 0 unspecified atom stereocenters. The van der Waals surface area contributed by atoms with Crippen LogP contribution >= 0.6 is 22.9 Å². The number of benzene rings is 1. The number of carbonyl (C=O) groups is 2. The van der Waals surface area contributed by atoms with Crippen LogP contribution in [0.15, 0.2) is 29.6 Å². The molecule has 3 N–H and O–H groups in total. The molecule has 0 aliphatic carbocycles. The summed E-state index contributed by atoms with van der Waals surface area (Å²) in [6.45, 7) is 1.37. The molecule has 1 aliphatic rings. The van der Waals surface area contributed by atoms with E-state index in [0.717, 1.165) is 12.8 Å². The molecule has 2 amide bonds. The average Bonchev–Trinajstić information content (AvgIpc) is 3.09. The lowest BCUT2D eigenvalue weighted by molar-refractivity contribution is 0.0709. The zero-order chi connectivity index (χ0) is 18.7. The molecule has 0 saturated carbocycles. The van der Waals surface area contributed by atoms with Crippen LogP contribution in [0.3, 0.4) is 0 Å². The Morgan fingerprint density at radius 1 is 1.23 bits per heavy atom. The number of hydrogen-bond donors (Lipinski definition) is 3. The second-order valence-corrected chi connectivity index (χ2v) is 7.49. The maximum absolute atomic E-state index is 12.8. The van der Waals surface area contributed by atoms with E-state index in [-0.39, 0.29) is 17.2 Å². The van der Waals surface area contributed by atoms with Gasteiger partial charge in [-0.2, -0.15) is 0 Å². The highest BCUT2D eigenvalue weighted by Crippen LogP contribution is 2.28. The minimum Gasteiger partial charge on any atom is -0.507 e. The van der Waals surface area contributed by atoms with E-state index in [4.69, 9.17) is 11.6 Å². The number of nitrogens with one attached hydrogen (secondary N) is 2. The minimum absolute atomic E-state index is 0.0866. The van der Waals surface area contributed by atoms with Gasteiger partial charge in [0.1, 0.15) is 10.8 Å². The lowest BCUT2D eigenvalue weighted by Crippen LogP contribution is -2.44. The molecule has 1 aromatic carbocycles. The third kappa shape index (κ3) is 4.00. The van der Waals surface area contributed by atoms with Crippen molar-refractivity contribution in [1.29, 1.82) is 0 Å². The van der Waals surface area contributed by atoms with Crippen molar-refractivity contribution in [3.05, 3.63) is 45.8 Å². The van der Waals surface area contributed by atoms with Crippen molar-refractivity contribution in [2.45, 2.75) is 18.9 Å². The van der Waals surface area contributed by atoms with Gasteiger partial charge in [0.2, 0.25) is 0 Å². The van der Waals surface area contributed by atoms with Crippen LogP contribution in [0.5, 0.6) is 5.75 Å². The van der Waals surface area contributed by atoms with Gasteiger partial charge in [-0.05, 0) is 49.5 Å². The maximum atomic E-state index is 12.8. The highest BCUT2D eigenvalue weighted by Gasteiger charge is 2.25. The normalized spacial score (nSPS) is 15.1. The van der Waals surface area contributed by atoms with Gasteiger partial charge in [0, 0.05) is 24.2 Å². The summed E-state index contributed by atoms with van der Waals surface area (Å²) in [6, 6.07) is 6.44. The van der Waals surface area contributed by atoms with Gasteiger partial charge in [-0.25, -0.2) is 0 Å². The highest BCUT2D eigenvalue weighted by molar-refractivity contribution is 7.14. The smallest absolute Gasteiger partial charge is 0.260 e. The second kappa shape index (κ2) is 8.07. The fraction of sp³-hybridized carbons (Fsp3) is 0.333. The predicted molar refractivity (Wildman–Crippen MR) is 103 cm³/mol. The Morgan fingerprint density at radius 3 is 2.62 bits per heavy atom. The minimum atomic E-state index is -0.482. The molecule has 0 bridgehead atoms. The van der Waals surface area contributed by atoms with Crippen LogP contribution in [0.1, 0.15) is 33.6 Å². The topological polar surface area (TPSA) is 81.7 Å². The van der Waals surface area contributed by atoms with Crippen molar-refractivity contribution in [1.82, 2.24) is 10.2 Å². The van der Waals surface area contributed by atoms with Crippen molar-refractivity contribution in [3.63, 3.8) is 0 Å². The van der Waals surface area contributed by atoms with Crippen LogP contribution in [0, 0.1) is 0 Å². The van der Waals surface area contributed by atoms with Gasteiger partial charge in [-0.15, -0.1) is 11.3 Å². The van der Waals surface area contributed by atoms with E-state index in [1.54, 1.807) is 11.4 Å². The van der Waals surface area contributed by atoms with Crippen molar-refractivity contribution < 1.29 is 14.7 Å². The highest BCUT2D eigenvalue weighted by atomic mass is 35.5. The first-order valence-corrected chi connectivity index (χ1v) is 9.59. The number of rotatable bonds is 4. The van der Waals surface area contributed by atoms with Gasteiger partial charge >= 0.3 is 0 Å². The number of halogens is 1. The van der Waals surface area contributed by atoms with E-state index >= 15 is 0 Å². The Bertz CT molecular complexity index is 816. The molecule has 26 heavy (non-hydrogen) atoms. The summed E-state index contributed by atoms with van der Waals surface area (Å²) >= 11 is 7.07. The van der Waals surface area contributed by atoms with Crippen LogP contribution in [-0.4, -0.2) is 48.0 Å². The summed E-state index contributed by atoms with van der Waals surface area (Å²) in [7, 11) is 1.93. The molecule has 1 aliphatic heterocycles. The number of thiophene rings is 1. The Balaban J connectivity index is 1.72. The molecule has 2 heterocycles. The van der Waals surface area contributed by atoms with Crippen molar-refractivity contribution >= 4 is 39.8 Å². The van der Waals surface area contributed by atoms with Crippen molar-refractivity contribution in [2.75, 3.05) is 25.5 Å². The number of nitrogens with zero attached hydrogens (tertiary/aromatic N) is 1. The van der Waals surface area contributed by atoms with Crippen LogP contribution in [0.4, 0.5) is 5.00 Å². The number of phenolic OH excluding ortho intramolecular Hbond substituents is 1. The first kappa shape index (κ1) is 18.7. The molecule has 0 radical (unpaired) electrons. The molecule has 1 aromatic heterocycles. The number of phenols is 1. The lowest BCUT2D eigenvalue weighted by Gasteiger charge is -2.31. The molecule has 6 nitrogen and oxygen atoms in total. The first-order chi connectivity index (χ1) is 12.5. The van der Waals surface area contributed by atoms with Gasteiger partial charge < -0.3 is 20.6 Å². The lowest BCUT2D eigenvalue weighted by atomic mass is 10.0. The van der Waals surface area contributed by atoms with Gasteiger partial charge in [0.15, 0.2) is 0 Å². The van der Waals surface area contributed by atoms with Crippen molar-refractivity contribution in [3.8, 4) is 5.75 Å². The van der Waals surface area contributed by atoms with E-state index in [1.807, 2.05) is 11.9 Å². The summed E-state index contributed by atoms with van der Waals surface area (Å²) in [5.74, 6) is -0.769. The summed E-state index contributed by atoms with van der Waals surface area (Å²) in [4.78, 5) is 27.0. The van der Waals surface area contributed by atoms with E-state index < -0.39 is 5.91 Å². The monoisotopic (exact) mass is 393 g/mol. The molecule has 0 spiro atoms. The quantitative estimate of drug-likeness (QED) is 0.745. The van der Waals surface area contributed by atoms with Crippen LogP contribution < -0.4 is 10.6 Å². The number of likely N-dealkylation sites (tertiary alicyclic amines) is 1. The van der Waals surface area contributed by atoms with Gasteiger partial charge in [0.25, 0.3) is 11.8 Å². The van der Waals surface area contributed by atoms with Crippen molar-refractivity contribution in [2.24, 2.45) is 0 Å². The van der Waals surface area contributed by atoms with E-state index in [1.165, 1.54) is 29.5 Å². The number of piperidine rings is 1. The van der Waals surface area contributed by atoms with Gasteiger partial charge in [0.05, 0.1) is 11.1 Å². The molecule has 138 valence electrons. The first-order valence-electron chi connectivity index (χ1n) is 8.33. The zero-order valence-electron chi connectivity index (χ0n) is 14.3. The average molecular weight is 394 g/mol. The molecule has 3 rings (SSSR count). The van der Waals surface area contributed by atoms with Crippen LogP contribution in [0.2, 0.25) is 5.02 Å². The summed E-state index contributed by atoms with van der Waals surface area (Å²) in [5.41, 5.74) is 0.579. The fourth-order valence-corrected chi connectivity index (χ4v) is 3.92. The maximum Gasteiger partial charge on any atom is 0.260 e. The predicted octanol–water partition coefficient (Wildman–Crippen LogP) is 3.18. The largest absolute Gasteiger partial charge is 0.507 e. The second-order valence-electron chi connectivity index (χ2n) is 6.13. The molecule has 2 aromatic rings. The molecule has 0 atom stereocenters. The summed E-state index contributed by atoms with van der Waals surface area (Å²) < 4.78 is 0. The molecule has 8 heteroatoms. The Labute approximate surface area is 160 Å². The van der Waals surface area contributed by atoms with Gasteiger partial charge in [-0.1, -0.05) is 11.6 Å². The third-order valence-electron chi connectivity index (χ3n) is 4.52. The Kier molecular flexibility index (Phi) is 5.80. The zero-order valence-corrected chi connectivity index (χ0v) is 15.9. The number of anilines is 1. The molecule has 1 saturated heterocycles. The van der Waals surface area contributed by atoms with Crippen LogP contribution in [-0.2, 0) is 0 Å². The SMILES string of the molecule is CNC1CCN(C(=O)c2ccsc2NC(=O)c2ccc(Cl)cc2O)CC1. The number of hydrogen-bond acceptors (Lipinski definition) is 5. The van der Waals surface area contributed by atoms with E-state index in [2.05, 4.69) is 10.6 Å². The summed E-state index contributed by atoms with van der Waals surface area (Å²) in [6.07, 6.45) is 1.82. The van der Waals surface area contributed by atoms with E-state index in [0.29, 0.717) is 34.7 Å². The number of carbonyl (C=O) groups excluding carboxylic acids is 2.